The molecular weight excluding hydrogens is 629 g/mol. The number of rotatable bonds is 5. The lowest BCUT2D eigenvalue weighted by atomic mass is 9.97. The Morgan fingerprint density at radius 2 is 1.00 bits per heavy atom. The van der Waals surface area contributed by atoms with Gasteiger partial charge in [-0.3, -0.25) is 0 Å². The highest BCUT2D eigenvalue weighted by atomic mass is 32.1. The van der Waals surface area contributed by atoms with Crippen molar-refractivity contribution in [3.63, 3.8) is 0 Å². The zero-order valence-corrected chi connectivity index (χ0v) is 27.7. The number of fused-ring (bicyclic) bond motifs is 6. The number of hydrogen-bond donors (Lipinski definition) is 0. The summed E-state index contributed by atoms with van der Waals surface area (Å²) in [4.78, 5) is 10.3. The van der Waals surface area contributed by atoms with Crippen molar-refractivity contribution in [2.45, 2.75) is 0 Å². The SMILES string of the molecule is c1ccc(-c2ccc(-c3cc(-c4ccccc4)nc(-c4ccc5oc6cccc(-c7cccc8c7sc7ccccc78)c6c5c4)n3)cc2)cc1. The number of benzene rings is 7. The summed E-state index contributed by atoms with van der Waals surface area (Å²) in [6.07, 6.45) is 0. The number of aromatic nitrogens is 2. The first-order valence-electron chi connectivity index (χ1n) is 16.7. The first-order valence-corrected chi connectivity index (χ1v) is 17.6. The highest BCUT2D eigenvalue weighted by Gasteiger charge is 2.18. The van der Waals surface area contributed by atoms with Gasteiger partial charge in [-0.15, -0.1) is 11.3 Å². The van der Waals surface area contributed by atoms with Gasteiger partial charge in [0, 0.05) is 53.2 Å². The summed E-state index contributed by atoms with van der Waals surface area (Å²) in [6, 6.07) is 59.5. The van der Waals surface area contributed by atoms with Gasteiger partial charge >= 0.3 is 0 Å². The average Bonchev–Trinajstić information content (AvgIpc) is 3.77. The largest absolute Gasteiger partial charge is 0.456 e. The Kier molecular flexibility index (Phi) is 6.68. The second-order valence-corrected chi connectivity index (χ2v) is 13.6. The van der Waals surface area contributed by atoms with Gasteiger partial charge in [0.2, 0.25) is 0 Å². The molecule has 3 heterocycles. The molecule has 3 aromatic heterocycles. The topological polar surface area (TPSA) is 38.9 Å². The van der Waals surface area contributed by atoms with Gasteiger partial charge in [-0.25, -0.2) is 9.97 Å². The average molecular weight is 657 g/mol. The van der Waals surface area contributed by atoms with Crippen LogP contribution in [0.25, 0.3) is 98.3 Å². The lowest BCUT2D eigenvalue weighted by Crippen LogP contribution is -1.96. The molecule has 4 heteroatoms. The molecule has 50 heavy (non-hydrogen) atoms. The molecule has 10 aromatic rings. The molecule has 0 fully saturated rings. The van der Waals surface area contributed by atoms with Crippen LogP contribution in [0.3, 0.4) is 0 Å². The van der Waals surface area contributed by atoms with Crippen LogP contribution in [0.4, 0.5) is 0 Å². The smallest absolute Gasteiger partial charge is 0.160 e. The van der Waals surface area contributed by atoms with Gasteiger partial charge in [0.15, 0.2) is 5.82 Å². The second kappa shape index (κ2) is 11.7. The van der Waals surface area contributed by atoms with Crippen molar-refractivity contribution in [1.82, 2.24) is 9.97 Å². The number of nitrogens with zero attached hydrogens (tertiary/aromatic N) is 2. The van der Waals surface area contributed by atoms with Gasteiger partial charge in [0.1, 0.15) is 11.2 Å². The molecule has 0 N–H and O–H groups in total. The van der Waals surface area contributed by atoms with E-state index >= 15 is 0 Å². The van der Waals surface area contributed by atoms with Crippen molar-refractivity contribution < 1.29 is 4.42 Å². The first-order chi connectivity index (χ1) is 24.8. The fourth-order valence-corrected chi connectivity index (χ4v) is 8.33. The Balaban J connectivity index is 1.15. The minimum atomic E-state index is 0.675. The van der Waals surface area contributed by atoms with Gasteiger partial charge in [-0.05, 0) is 53.1 Å². The fraction of sp³-hybridized carbons (Fsp3) is 0. The van der Waals surface area contributed by atoms with E-state index in [0.717, 1.165) is 55.6 Å². The van der Waals surface area contributed by atoms with Crippen molar-refractivity contribution in [2.75, 3.05) is 0 Å². The maximum absolute atomic E-state index is 6.47. The normalized spacial score (nSPS) is 11.6. The second-order valence-electron chi connectivity index (χ2n) is 12.5. The third-order valence-corrected chi connectivity index (χ3v) is 10.8. The van der Waals surface area contributed by atoms with Crippen LogP contribution < -0.4 is 0 Å². The van der Waals surface area contributed by atoms with Crippen molar-refractivity contribution in [3.8, 4) is 56.2 Å². The monoisotopic (exact) mass is 656 g/mol. The summed E-state index contributed by atoms with van der Waals surface area (Å²) < 4.78 is 9.05. The van der Waals surface area contributed by atoms with Crippen molar-refractivity contribution in [1.29, 1.82) is 0 Å². The predicted molar refractivity (Wildman–Crippen MR) is 209 cm³/mol. The zero-order chi connectivity index (χ0) is 33.0. The highest BCUT2D eigenvalue weighted by molar-refractivity contribution is 7.26. The third kappa shape index (κ3) is 4.80. The van der Waals surface area contributed by atoms with E-state index in [2.05, 4.69) is 146 Å². The molecule has 0 aliphatic rings. The molecule has 3 nitrogen and oxygen atoms in total. The van der Waals surface area contributed by atoms with E-state index in [9.17, 15) is 0 Å². The number of furan rings is 1. The third-order valence-electron chi connectivity index (χ3n) is 9.53. The quantitative estimate of drug-likeness (QED) is 0.185. The van der Waals surface area contributed by atoms with Crippen molar-refractivity contribution in [2.24, 2.45) is 0 Å². The Morgan fingerprint density at radius 3 is 1.80 bits per heavy atom. The molecule has 0 aliphatic heterocycles. The molecule has 0 saturated heterocycles. The van der Waals surface area contributed by atoms with Crippen LogP contribution >= 0.6 is 11.3 Å². The van der Waals surface area contributed by atoms with Crippen LogP contribution in [0.1, 0.15) is 0 Å². The Hall–Kier alpha value is -6.36. The van der Waals surface area contributed by atoms with E-state index in [1.807, 2.05) is 35.6 Å². The Labute approximate surface area is 292 Å². The summed E-state index contributed by atoms with van der Waals surface area (Å²) in [6.45, 7) is 0. The van der Waals surface area contributed by atoms with E-state index in [-0.39, 0.29) is 0 Å². The Bertz CT molecular complexity index is 2850. The van der Waals surface area contributed by atoms with Gasteiger partial charge in [0.25, 0.3) is 0 Å². The Morgan fingerprint density at radius 1 is 0.400 bits per heavy atom. The molecule has 0 aliphatic carbocycles. The van der Waals surface area contributed by atoms with Crippen LogP contribution in [0, 0.1) is 0 Å². The molecule has 0 bridgehead atoms. The molecule has 0 saturated carbocycles. The lowest BCUT2D eigenvalue weighted by molar-refractivity contribution is 0.669. The highest BCUT2D eigenvalue weighted by Crippen LogP contribution is 2.44. The maximum Gasteiger partial charge on any atom is 0.160 e. The van der Waals surface area contributed by atoms with E-state index in [4.69, 9.17) is 14.4 Å². The van der Waals surface area contributed by atoms with Crippen LogP contribution in [0.5, 0.6) is 0 Å². The van der Waals surface area contributed by atoms with Crippen molar-refractivity contribution >= 4 is 53.4 Å². The number of hydrogen-bond acceptors (Lipinski definition) is 4. The zero-order valence-electron chi connectivity index (χ0n) is 26.9. The number of thiophene rings is 1. The van der Waals surface area contributed by atoms with E-state index in [1.54, 1.807) is 0 Å². The van der Waals surface area contributed by atoms with Crippen molar-refractivity contribution in [3.05, 3.63) is 170 Å². The lowest BCUT2D eigenvalue weighted by Gasteiger charge is -2.10. The summed E-state index contributed by atoms with van der Waals surface area (Å²) in [5.41, 5.74) is 11.2. The summed E-state index contributed by atoms with van der Waals surface area (Å²) in [7, 11) is 0. The summed E-state index contributed by atoms with van der Waals surface area (Å²) >= 11 is 1.85. The van der Waals surface area contributed by atoms with E-state index in [1.165, 1.54) is 36.9 Å². The van der Waals surface area contributed by atoms with Crippen LogP contribution in [0.15, 0.2) is 174 Å². The van der Waals surface area contributed by atoms with E-state index in [0.29, 0.717) is 5.82 Å². The van der Waals surface area contributed by atoms with Gasteiger partial charge in [-0.2, -0.15) is 0 Å². The molecule has 0 radical (unpaired) electrons. The molecule has 0 amide bonds. The molecule has 0 unspecified atom stereocenters. The standard InChI is InChI=1S/C46H28N2OS/c1-3-11-29(12-4-1)30-21-23-32(24-22-30)40-28-39(31-13-5-2-6-14-31)47-46(48-40)33-25-26-41-38(27-33)44-35(16-10-19-42(44)49-41)37-18-9-17-36-34-15-7-8-20-43(34)50-45(36)37/h1-28H. The van der Waals surface area contributed by atoms with Crippen LogP contribution in [0.2, 0.25) is 0 Å². The van der Waals surface area contributed by atoms with Gasteiger partial charge < -0.3 is 4.42 Å². The minimum absolute atomic E-state index is 0.675. The molecule has 7 aromatic carbocycles. The molecule has 234 valence electrons. The van der Waals surface area contributed by atoms with E-state index < -0.39 is 0 Å². The molecular formula is C46H28N2OS. The predicted octanol–water partition coefficient (Wildman–Crippen LogP) is 13.1. The van der Waals surface area contributed by atoms with Crippen LogP contribution in [-0.2, 0) is 0 Å². The molecule has 0 atom stereocenters. The minimum Gasteiger partial charge on any atom is -0.456 e. The van der Waals surface area contributed by atoms with Crippen LogP contribution in [-0.4, -0.2) is 9.97 Å². The molecule has 10 rings (SSSR count). The summed E-state index contributed by atoms with van der Waals surface area (Å²) in [5, 5.41) is 4.73. The first kappa shape index (κ1) is 28.6. The van der Waals surface area contributed by atoms with Gasteiger partial charge in [0.05, 0.1) is 11.4 Å². The summed E-state index contributed by atoms with van der Waals surface area (Å²) in [5.74, 6) is 0.675. The molecule has 0 spiro atoms. The van der Waals surface area contributed by atoms with Gasteiger partial charge in [-0.1, -0.05) is 133 Å². The fourth-order valence-electron chi connectivity index (χ4n) is 7.09. The maximum atomic E-state index is 6.47.